The molecule has 21 heteroatoms. The fourth-order valence-electron chi connectivity index (χ4n) is 8.05. The normalized spacial score (nSPS) is 11.6. The molecule has 0 spiro atoms. The number of aromatic nitrogens is 8. The Balaban J connectivity index is 0.000000168. The second kappa shape index (κ2) is 23.8. The largest absolute Gasteiger partial charge is 0.490 e. The summed E-state index contributed by atoms with van der Waals surface area (Å²) in [7, 11) is 0.0330. The van der Waals surface area contributed by atoms with Crippen molar-refractivity contribution in [1.82, 2.24) is 39.0 Å². The van der Waals surface area contributed by atoms with Crippen LogP contribution in [0.1, 0.15) is 43.0 Å². The summed E-state index contributed by atoms with van der Waals surface area (Å²) >= 11 is 16.2. The number of hydrogen-bond acceptors (Lipinski definition) is 15. The number of nitrogens with two attached hydrogens (primary N) is 2. The van der Waals surface area contributed by atoms with Crippen LogP contribution in [0.3, 0.4) is 0 Å². The number of hydrogen-bond donors (Lipinski definition) is 6. The van der Waals surface area contributed by atoms with Gasteiger partial charge in [0.05, 0.1) is 44.5 Å². The third-order valence-corrected chi connectivity index (χ3v) is 12.9. The van der Waals surface area contributed by atoms with Gasteiger partial charge in [0.15, 0.2) is 0 Å². The van der Waals surface area contributed by atoms with Crippen molar-refractivity contribution < 1.29 is 14.8 Å². The van der Waals surface area contributed by atoms with Crippen LogP contribution in [0.5, 0.6) is 5.88 Å². The van der Waals surface area contributed by atoms with Gasteiger partial charge >= 0.3 is 7.12 Å². The second-order valence-electron chi connectivity index (χ2n) is 16.8. The van der Waals surface area contributed by atoms with E-state index in [1.165, 1.54) is 19.4 Å². The summed E-state index contributed by atoms with van der Waals surface area (Å²) in [4.78, 5) is 52.1. The number of pyridine rings is 4. The minimum absolute atomic E-state index is 0.147. The smallest absolute Gasteiger partial charge is 0.481 e. The molecule has 0 aliphatic rings. The highest BCUT2D eigenvalue weighted by Gasteiger charge is 2.22. The highest BCUT2D eigenvalue weighted by atomic mass is 79.9. The van der Waals surface area contributed by atoms with Crippen molar-refractivity contribution in [3.05, 3.63) is 211 Å². The van der Waals surface area contributed by atoms with Crippen LogP contribution >= 0.6 is 39.1 Å². The van der Waals surface area contributed by atoms with E-state index in [1.807, 2.05) is 130 Å². The van der Waals surface area contributed by atoms with E-state index in [-0.39, 0.29) is 35.1 Å². The summed E-state index contributed by atoms with van der Waals surface area (Å²) < 4.78 is 8.81. The van der Waals surface area contributed by atoms with Gasteiger partial charge in [-0.25, -0.2) is 15.0 Å². The lowest BCUT2D eigenvalue weighted by Crippen LogP contribution is -2.29. The molecule has 6 aromatic heterocycles. The standard InChI is InChI=1S/C27H23ClN6O.C21H17BrClN5O.C6H8BNO3/c1-16-11-12-19(14-30-16)21-15-31-27(29)33-25(21)32-17(2)23-13-18-7-6-10-22(28)24(18)26(35)34(23)20-8-4-3-5-9-20;1-12(26-19-15(22)11-25-21(24)27-19)17-10-13-6-5-9-16(23)18(13)20(29)28(17)14-7-3-2-4-8-14;1-11-6-3-2-5(4-8-6)7(9)10/h3-15,17H,1-2H3,(H3,29,31,32,33);2-12H,1H3,(H3,24,25,26,27);2-4,9-10H,1H3/t17-;12-;/m00./s1. The summed E-state index contributed by atoms with van der Waals surface area (Å²) in [6.45, 7) is 5.86. The van der Waals surface area contributed by atoms with Gasteiger partial charge in [-0.3, -0.25) is 23.7 Å². The average molecular weight is 1110 g/mol. The highest BCUT2D eigenvalue weighted by Crippen LogP contribution is 2.32. The molecular weight excluding hydrogens is 1060 g/mol. The van der Waals surface area contributed by atoms with Crippen LogP contribution in [0.4, 0.5) is 23.5 Å². The Morgan fingerprint density at radius 2 is 1.15 bits per heavy atom. The molecule has 10 aromatic rings. The number of benzene rings is 4. The van der Waals surface area contributed by atoms with Gasteiger partial charge in [-0.15, -0.1) is 0 Å². The number of nitrogen functional groups attached to an aromatic ring is 2. The number of para-hydroxylation sites is 2. The van der Waals surface area contributed by atoms with Gasteiger partial charge in [-0.05, 0) is 108 Å². The van der Waals surface area contributed by atoms with E-state index in [2.05, 4.69) is 56.5 Å². The van der Waals surface area contributed by atoms with E-state index in [0.29, 0.717) is 48.3 Å². The Bertz CT molecular complexity index is 3750. The molecule has 0 radical (unpaired) electrons. The Morgan fingerprint density at radius 1 is 0.627 bits per heavy atom. The van der Waals surface area contributed by atoms with Crippen molar-refractivity contribution in [3.63, 3.8) is 0 Å². The van der Waals surface area contributed by atoms with E-state index in [9.17, 15) is 9.59 Å². The van der Waals surface area contributed by atoms with Crippen LogP contribution in [0.15, 0.2) is 172 Å². The van der Waals surface area contributed by atoms with E-state index in [4.69, 9.17) is 49.5 Å². The maximum absolute atomic E-state index is 13.7. The zero-order valence-corrected chi connectivity index (χ0v) is 43.8. The minimum atomic E-state index is -1.46. The first-order chi connectivity index (χ1) is 36.1. The van der Waals surface area contributed by atoms with Gasteiger partial charge < -0.3 is 36.9 Å². The molecule has 8 N–H and O–H groups in total. The van der Waals surface area contributed by atoms with Crippen molar-refractivity contribution in [2.45, 2.75) is 32.9 Å². The first kappa shape index (κ1) is 53.1. The lowest BCUT2D eigenvalue weighted by Gasteiger charge is -2.22. The molecule has 4 aromatic carbocycles. The molecule has 0 saturated heterocycles. The zero-order valence-electron chi connectivity index (χ0n) is 40.7. The first-order valence-electron chi connectivity index (χ1n) is 23.1. The predicted molar refractivity (Wildman–Crippen MR) is 302 cm³/mol. The number of ether oxygens (including phenoxy) is 1. The number of nitrogens with one attached hydrogen (secondary N) is 2. The average Bonchev–Trinajstić information content (AvgIpc) is 3.41. The molecule has 2 atom stereocenters. The topological polar surface area (TPSA) is 247 Å². The van der Waals surface area contributed by atoms with Crippen LogP contribution in [-0.2, 0) is 0 Å². The summed E-state index contributed by atoms with van der Waals surface area (Å²) in [5.74, 6) is 1.86. The van der Waals surface area contributed by atoms with Gasteiger partial charge in [0.1, 0.15) is 11.6 Å². The number of aryl methyl sites for hydroxylation is 1. The monoisotopic (exact) mass is 1100 g/mol. The molecule has 0 bridgehead atoms. The molecule has 17 nitrogen and oxygen atoms in total. The van der Waals surface area contributed by atoms with Crippen molar-refractivity contribution in [3.8, 4) is 28.4 Å². The summed E-state index contributed by atoms with van der Waals surface area (Å²) in [6.07, 6.45) is 6.39. The number of halogens is 3. The number of fused-ring (bicyclic) bond motifs is 2. The minimum Gasteiger partial charge on any atom is -0.481 e. The quantitative estimate of drug-likeness (QED) is 0.0661. The van der Waals surface area contributed by atoms with Crippen LogP contribution in [-0.4, -0.2) is 63.3 Å². The van der Waals surface area contributed by atoms with Crippen LogP contribution in [0.2, 0.25) is 10.0 Å². The number of rotatable bonds is 11. The number of anilines is 4. The molecule has 0 aliphatic heterocycles. The maximum atomic E-state index is 13.7. The van der Waals surface area contributed by atoms with Crippen molar-refractivity contribution >= 4 is 96.8 Å². The Kier molecular flexibility index (Phi) is 16.8. The van der Waals surface area contributed by atoms with Gasteiger partial charge in [-0.2, -0.15) is 9.97 Å². The molecule has 378 valence electrons. The molecule has 6 heterocycles. The van der Waals surface area contributed by atoms with E-state index in [0.717, 1.165) is 50.4 Å². The zero-order chi connectivity index (χ0) is 53.3. The summed E-state index contributed by atoms with van der Waals surface area (Å²) in [6, 6.07) is 40.2. The van der Waals surface area contributed by atoms with E-state index >= 15 is 0 Å². The Morgan fingerprint density at radius 3 is 1.63 bits per heavy atom. The van der Waals surface area contributed by atoms with Crippen LogP contribution in [0.25, 0.3) is 44.0 Å². The van der Waals surface area contributed by atoms with E-state index in [1.54, 1.807) is 45.9 Å². The molecular formula is C54H48BBrCl2N12O5. The lowest BCUT2D eigenvalue weighted by molar-refractivity contribution is 0.397. The highest BCUT2D eigenvalue weighted by molar-refractivity contribution is 9.10. The first-order valence-corrected chi connectivity index (χ1v) is 24.7. The Labute approximate surface area is 449 Å². The molecule has 0 fully saturated rings. The number of methoxy groups -OCH3 is 1. The SMILES string of the molecule is COc1ccc(B(O)O)cn1.C[C@H](Nc1nc(N)ncc1Br)c1cc2cccc(Cl)c2c(=O)n1-c1ccccc1.Cc1ccc(-c2cnc(N)nc2N[C@@H](C)c2cc3cccc(Cl)c3c(=O)n2-c2ccccc2)cn1. The van der Waals surface area contributed by atoms with Crippen molar-refractivity contribution in [2.24, 2.45) is 0 Å². The van der Waals surface area contributed by atoms with Gasteiger partial charge in [0.25, 0.3) is 11.1 Å². The van der Waals surface area contributed by atoms with Gasteiger partial charge in [0, 0.05) is 69.8 Å². The van der Waals surface area contributed by atoms with Crippen molar-refractivity contribution in [2.75, 3.05) is 29.2 Å². The maximum Gasteiger partial charge on any atom is 0.490 e. The third kappa shape index (κ3) is 12.3. The molecule has 0 amide bonds. The van der Waals surface area contributed by atoms with E-state index < -0.39 is 7.12 Å². The molecule has 10 rings (SSSR count). The van der Waals surface area contributed by atoms with Gasteiger partial charge in [-0.1, -0.05) is 96.0 Å². The lowest BCUT2D eigenvalue weighted by atomic mass is 9.82. The Hall–Kier alpha value is -8.20. The molecule has 75 heavy (non-hydrogen) atoms. The third-order valence-electron chi connectivity index (χ3n) is 11.7. The number of nitrogens with zero attached hydrogens (tertiary/aromatic N) is 8. The van der Waals surface area contributed by atoms with Crippen LogP contribution < -0.4 is 43.4 Å². The second-order valence-corrected chi connectivity index (χ2v) is 18.5. The van der Waals surface area contributed by atoms with Crippen LogP contribution in [0, 0.1) is 6.92 Å². The van der Waals surface area contributed by atoms with Gasteiger partial charge in [0.2, 0.25) is 17.8 Å². The fraction of sp³-hybridized carbons (Fsp3) is 0.111. The molecule has 0 saturated carbocycles. The molecule has 0 unspecified atom stereocenters. The molecule has 0 aliphatic carbocycles. The predicted octanol–water partition coefficient (Wildman–Crippen LogP) is 9.28. The van der Waals surface area contributed by atoms with Crippen molar-refractivity contribution in [1.29, 1.82) is 0 Å². The fourth-order valence-corrected chi connectivity index (χ4v) is 8.88. The summed E-state index contributed by atoms with van der Waals surface area (Å²) in [5.41, 5.74) is 17.2. The summed E-state index contributed by atoms with van der Waals surface area (Å²) in [5, 5.41) is 27.4.